The summed E-state index contributed by atoms with van der Waals surface area (Å²) in [5, 5.41) is 0. The fourth-order valence-electron chi connectivity index (χ4n) is 0.752. The lowest BCUT2D eigenvalue weighted by Crippen LogP contribution is -2.15. The van der Waals surface area contributed by atoms with Gasteiger partial charge in [0.25, 0.3) is 11.7 Å². The van der Waals surface area contributed by atoms with Crippen LogP contribution in [0.25, 0.3) is 0 Å². The first-order valence-electron chi connectivity index (χ1n) is 2.96. The predicted octanol–water partition coefficient (Wildman–Crippen LogP) is 3.30. The lowest BCUT2D eigenvalue weighted by Gasteiger charge is -2.04. The highest BCUT2D eigenvalue weighted by atomic mass is 19.4. The molecule has 0 spiro atoms. The molecule has 70 valence electrons. The summed E-state index contributed by atoms with van der Waals surface area (Å²) in [6.07, 6.45) is -5.26. The summed E-state index contributed by atoms with van der Waals surface area (Å²) in [5.41, 5.74) is -1.04. The van der Waals surface area contributed by atoms with Crippen molar-refractivity contribution in [2.45, 2.75) is 6.18 Å². The van der Waals surface area contributed by atoms with E-state index in [-0.39, 0.29) is 6.42 Å². The summed E-state index contributed by atoms with van der Waals surface area (Å²) >= 11 is 0. The van der Waals surface area contributed by atoms with Gasteiger partial charge in [-0.1, -0.05) is 0 Å². The quantitative estimate of drug-likeness (QED) is 0.319. The van der Waals surface area contributed by atoms with Crippen LogP contribution >= 0.6 is 0 Å². The molecule has 13 heavy (non-hydrogen) atoms. The smallest absolute Gasteiger partial charge is 0.174 e. The first kappa shape index (κ1) is 9.80. The molecule has 1 rings (SSSR count). The van der Waals surface area contributed by atoms with E-state index < -0.39 is 29.2 Å². The largest absolute Gasteiger partial charge is 0.474 e. The van der Waals surface area contributed by atoms with Gasteiger partial charge in [-0.25, -0.2) is 0 Å². The van der Waals surface area contributed by atoms with E-state index in [1.54, 1.807) is 0 Å². The normalized spacial score (nSPS) is 18.0. The van der Waals surface area contributed by atoms with Gasteiger partial charge in [-0.05, 0) is 0 Å². The van der Waals surface area contributed by atoms with Crippen molar-refractivity contribution in [1.82, 2.24) is 0 Å². The SMILES string of the molecule is FC1=C=C(F)C(C(F)(F)F)=C(F)[CH+]1. The van der Waals surface area contributed by atoms with E-state index in [9.17, 15) is 26.3 Å². The summed E-state index contributed by atoms with van der Waals surface area (Å²) in [6, 6.07) is 0. The Hall–Kier alpha value is -1.29. The molecule has 0 saturated heterocycles. The molecule has 0 atom stereocenters. The fourth-order valence-corrected chi connectivity index (χ4v) is 0.752. The molecule has 0 aromatic carbocycles. The van der Waals surface area contributed by atoms with Gasteiger partial charge in [0.05, 0.1) is 0 Å². The van der Waals surface area contributed by atoms with Crippen LogP contribution < -0.4 is 0 Å². The maximum Gasteiger partial charge on any atom is 0.474 e. The number of allylic oxidation sites excluding steroid dienone is 3. The molecule has 0 amide bonds. The second kappa shape index (κ2) is 2.88. The molecule has 0 N–H and O–H groups in total. The molecule has 0 heterocycles. The maximum atomic E-state index is 12.4. The van der Waals surface area contributed by atoms with Gasteiger partial charge in [0.15, 0.2) is 0 Å². The fraction of sp³-hybridized carbons (Fsp3) is 0.143. The molecule has 0 unspecified atom stereocenters. The van der Waals surface area contributed by atoms with E-state index in [2.05, 4.69) is 0 Å². The van der Waals surface area contributed by atoms with E-state index in [1.165, 1.54) is 0 Å². The molecular formula is C7HF6+. The number of alkyl halides is 3. The Bertz CT molecular complexity index is 325. The Labute approximate surface area is 68.8 Å². The Morgan fingerprint density at radius 1 is 1.08 bits per heavy atom. The van der Waals surface area contributed by atoms with Crippen LogP contribution in [0.4, 0.5) is 26.3 Å². The number of halogens is 6. The van der Waals surface area contributed by atoms with Crippen LogP contribution in [-0.4, -0.2) is 6.18 Å². The summed E-state index contributed by atoms with van der Waals surface area (Å²) in [4.78, 5) is 0. The minimum absolute atomic E-state index is 0.0775. The molecule has 6 heteroatoms. The Morgan fingerprint density at radius 2 is 1.62 bits per heavy atom. The van der Waals surface area contributed by atoms with E-state index in [0.29, 0.717) is 0 Å². The van der Waals surface area contributed by atoms with Crippen molar-refractivity contribution in [3.8, 4) is 0 Å². The van der Waals surface area contributed by atoms with Gasteiger partial charge in [0.2, 0.25) is 5.57 Å². The molecule has 1 aliphatic carbocycles. The monoisotopic (exact) mass is 199 g/mol. The molecule has 0 radical (unpaired) electrons. The number of hydrogen-bond acceptors (Lipinski definition) is 0. The summed E-state index contributed by atoms with van der Waals surface area (Å²) in [6.45, 7) is 0. The minimum atomic E-state index is -5.18. The van der Waals surface area contributed by atoms with E-state index in [4.69, 9.17) is 0 Å². The van der Waals surface area contributed by atoms with Crippen molar-refractivity contribution < 1.29 is 26.3 Å². The highest BCUT2D eigenvalue weighted by Crippen LogP contribution is 2.38. The van der Waals surface area contributed by atoms with Crippen molar-refractivity contribution in [3.63, 3.8) is 0 Å². The lowest BCUT2D eigenvalue weighted by atomic mass is 10.1. The van der Waals surface area contributed by atoms with Crippen LogP contribution in [0.5, 0.6) is 0 Å². The molecule has 0 aliphatic heterocycles. The van der Waals surface area contributed by atoms with Crippen molar-refractivity contribution in [1.29, 1.82) is 0 Å². The van der Waals surface area contributed by atoms with Gasteiger partial charge >= 0.3 is 12.0 Å². The number of rotatable bonds is 0. The zero-order valence-corrected chi connectivity index (χ0v) is 5.85. The van der Waals surface area contributed by atoms with Gasteiger partial charge in [-0.3, -0.25) is 0 Å². The van der Waals surface area contributed by atoms with Crippen LogP contribution in [0, 0.1) is 6.42 Å². The van der Waals surface area contributed by atoms with E-state index >= 15 is 0 Å². The number of hydrogen-bond donors (Lipinski definition) is 0. The van der Waals surface area contributed by atoms with Gasteiger partial charge < -0.3 is 0 Å². The van der Waals surface area contributed by atoms with Gasteiger partial charge in [-0.2, -0.15) is 26.3 Å². The summed E-state index contributed by atoms with van der Waals surface area (Å²) in [5.74, 6) is -5.57. The van der Waals surface area contributed by atoms with Crippen molar-refractivity contribution in [2.24, 2.45) is 0 Å². The van der Waals surface area contributed by atoms with Crippen LogP contribution in [0.1, 0.15) is 0 Å². The second-order valence-electron chi connectivity index (χ2n) is 2.15. The van der Waals surface area contributed by atoms with Crippen LogP contribution in [0.3, 0.4) is 0 Å². The minimum Gasteiger partial charge on any atom is -0.174 e. The first-order chi connectivity index (χ1) is 5.82. The molecule has 0 bridgehead atoms. The van der Waals surface area contributed by atoms with E-state index in [1.807, 2.05) is 0 Å². The summed E-state index contributed by atoms with van der Waals surface area (Å²) in [7, 11) is 0. The maximum absolute atomic E-state index is 12.4. The van der Waals surface area contributed by atoms with Crippen molar-refractivity contribution >= 4 is 0 Å². The third-order valence-corrected chi connectivity index (χ3v) is 1.22. The average molecular weight is 199 g/mol. The van der Waals surface area contributed by atoms with Crippen molar-refractivity contribution in [2.75, 3.05) is 0 Å². The summed E-state index contributed by atoms with van der Waals surface area (Å²) < 4.78 is 72.3. The molecule has 1 aliphatic rings. The molecular weight excluding hydrogens is 198 g/mol. The van der Waals surface area contributed by atoms with Crippen LogP contribution in [0.2, 0.25) is 0 Å². The Morgan fingerprint density at radius 3 is 2.00 bits per heavy atom. The second-order valence-corrected chi connectivity index (χ2v) is 2.15. The standard InChI is InChI=1S/C7HF6/c8-3-1-4(9)6(5(10)2-3)7(11,12)13/h1H/q+1. The van der Waals surface area contributed by atoms with Gasteiger partial charge in [0.1, 0.15) is 12.2 Å². The third kappa shape index (κ3) is 1.89. The zero-order valence-electron chi connectivity index (χ0n) is 5.85. The zero-order chi connectivity index (χ0) is 10.2. The predicted molar refractivity (Wildman–Crippen MR) is 31.2 cm³/mol. The lowest BCUT2D eigenvalue weighted by molar-refractivity contribution is -0.0928. The Balaban J connectivity index is 3.25. The molecule has 0 saturated carbocycles. The molecule has 0 aromatic rings. The molecule has 0 nitrogen and oxygen atoms in total. The highest BCUT2D eigenvalue weighted by Gasteiger charge is 2.49. The van der Waals surface area contributed by atoms with Gasteiger partial charge in [0, 0.05) is 0 Å². The third-order valence-electron chi connectivity index (χ3n) is 1.22. The topological polar surface area (TPSA) is 0 Å². The van der Waals surface area contributed by atoms with Gasteiger partial charge in [-0.15, -0.1) is 0 Å². The average Bonchev–Trinajstić information content (AvgIpc) is 1.78. The highest BCUT2D eigenvalue weighted by molar-refractivity contribution is 5.42. The van der Waals surface area contributed by atoms with Crippen LogP contribution in [-0.2, 0) is 0 Å². The van der Waals surface area contributed by atoms with E-state index in [0.717, 1.165) is 5.73 Å². The molecule has 0 aromatic heterocycles. The van der Waals surface area contributed by atoms with Crippen LogP contribution in [0.15, 0.2) is 28.8 Å². The first-order valence-corrected chi connectivity index (χ1v) is 2.96. The van der Waals surface area contributed by atoms with Crippen molar-refractivity contribution in [3.05, 3.63) is 35.2 Å². The Kier molecular flexibility index (Phi) is 2.17. The molecule has 0 fully saturated rings.